The van der Waals surface area contributed by atoms with Crippen LogP contribution in [0.3, 0.4) is 0 Å². The Morgan fingerprint density at radius 3 is 2.08 bits per heavy atom. The van der Waals surface area contributed by atoms with E-state index in [0.717, 1.165) is 11.3 Å². The van der Waals surface area contributed by atoms with Crippen LogP contribution in [-0.4, -0.2) is 45.1 Å². The van der Waals surface area contributed by atoms with E-state index in [1.54, 1.807) is 0 Å². The van der Waals surface area contributed by atoms with Gasteiger partial charge in [0.05, 0.1) is 21.1 Å². The van der Waals surface area contributed by atoms with Crippen molar-refractivity contribution in [3.05, 3.63) is 29.8 Å². The van der Waals surface area contributed by atoms with Crippen molar-refractivity contribution in [3.8, 4) is 6.07 Å². The first-order chi connectivity index (χ1) is 5.55. The maximum atomic E-state index is 8.82. The summed E-state index contributed by atoms with van der Waals surface area (Å²) >= 11 is 0. The Labute approximate surface area is 96.3 Å². The molecule has 4 radical (unpaired) electrons. The van der Waals surface area contributed by atoms with Crippen molar-refractivity contribution in [1.29, 1.82) is 5.26 Å². The van der Waals surface area contributed by atoms with E-state index in [-0.39, 0.29) is 23.9 Å². The van der Waals surface area contributed by atoms with Crippen molar-refractivity contribution in [3.63, 3.8) is 0 Å². The second kappa shape index (κ2) is 4.63. The Kier molecular flexibility index (Phi) is 4.44. The van der Waals surface area contributed by atoms with Gasteiger partial charge < -0.3 is 0 Å². The molecule has 0 fully saturated rings. The van der Waals surface area contributed by atoms with Gasteiger partial charge in [0.25, 0.3) is 0 Å². The fourth-order valence-corrected chi connectivity index (χ4v) is 1.15. The molecular weight excluding hydrogens is 267 g/mol. The van der Waals surface area contributed by atoms with Gasteiger partial charge in [0.1, 0.15) is 17.3 Å². The van der Waals surface area contributed by atoms with Crippen molar-refractivity contribution in [2.24, 2.45) is 0 Å². The van der Waals surface area contributed by atoms with Gasteiger partial charge in [-0.1, -0.05) is 12.1 Å². The number of hydrogen-bond acceptors (Lipinski definition) is 1. The standard InChI is InChI=1S/C10H13N2.Sn/c1-12(2,3)10-7-5-4-6-9(10)8-11;/h4-7H,1-3H3;/q+1;. The first-order valence-corrected chi connectivity index (χ1v) is 3.87. The van der Waals surface area contributed by atoms with Gasteiger partial charge in [0.15, 0.2) is 0 Å². The van der Waals surface area contributed by atoms with E-state index >= 15 is 0 Å². The Bertz CT molecular complexity index is 320. The molecule has 1 aromatic rings. The molecule has 0 bridgehead atoms. The van der Waals surface area contributed by atoms with Crippen molar-refractivity contribution < 1.29 is 0 Å². The maximum Gasteiger partial charge on any atom is 0.150 e. The zero-order valence-electron chi connectivity index (χ0n) is 8.20. The van der Waals surface area contributed by atoms with Gasteiger partial charge in [-0.25, -0.2) is 0 Å². The van der Waals surface area contributed by atoms with Crippen LogP contribution in [0, 0.1) is 11.3 Å². The van der Waals surface area contributed by atoms with Crippen LogP contribution in [0.1, 0.15) is 5.56 Å². The average Bonchev–Trinajstić information content (AvgIpc) is 2.03. The molecule has 66 valence electrons. The van der Waals surface area contributed by atoms with E-state index in [9.17, 15) is 0 Å². The number of rotatable bonds is 1. The van der Waals surface area contributed by atoms with E-state index in [1.807, 2.05) is 24.3 Å². The minimum Gasteiger partial charge on any atom is -0.297 e. The number of quaternary nitrogens is 1. The molecule has 0 atom stereocenters. The van der Waals surface area contributed by atoms with Crippen LogP contribution in [0.15, 0.2) is 24.3 Å². The Morgan fingerprint density at radius 1 is 1.15 bits per heavy atom. The first kappa shape index (κ1) is 12.5. The van der Waals surface area contributed by atoms with Crippen molar-refractivity contribution >= 4 is 29.6 Å². The minimum atomic E-state index is 0. The molecule has 0 aliphatic carbocycles. The number of para-hydroxylation sites is 1. The molecule has 0 aromatic heterocycles. The first-order valence-electron chi connectivity index (χ1n) is 3.87. The van der Waals surface area contributed by atoms with Gasteiger partial charge in [-0.05, 0) is 6.07 Å². The molecule has 0 N–H and O–H groups in total. The molecule has 1 aromatic carbocycles. The van der Waals surface area contributed by atoms with Gasteiger partial charge in [-0.15, -0.1) is 0 Å². The van der Waals surface area contributed by atoms with E-state index in [2.05, 4.69) is 27.2 Å². The monoisotopic (exact) mass is 281 g/mol. The molecule has 2 nitrogen and oxygen atoms in total. The zero-order valence-corrected chi connectivity index (χ0v) is 11.1. The maximum absolute atomic E-state index is 8.82. The van der Waals surface area contributed by atoms with E-state index in [4.69, 9.17) is 5.26 Å². The molecule has 1 rings (SSSR count). The molecule has 0 aliphatic rings. The Balaban J connectivity index is 0.00000144. The Morgan fingerprint density at radius 2 is 1.69 bits per heavy atom. The van der Waals surface area contributed by atoms with Crippen LogP contribution in [0.5, 0.6) is 0 Å². The third-order valence-corrected chi connectivity index (χ3v) is 1.75. The van der Waals surface area contributed by atoms with Crippen LogP contribution < -0.4 is 4.48 Å². The largest absolute Gasteiger partial charge is 0.297 e. The smallest absolute Gasteiger partial charge is 0.150 e. The number of benzene rings is 1. The van der Waals surface area contributed by atoms with Crippen LogP contribution >= 0.6 is 0 Å². The van der Waals surface area contributed by atoms with E-state index in [1.165, 1.54) is 0 Å². The predicted molar refractivity (Wildman–Crippen MR) is 56.5 cm³/mol. The zero-order chi connectivity index (χ0) is 9.19. The summed E-state index contributed by atoms with van der Waals surface area (Å²) in [5, 5.41) is 8.82. The molecule has 0 amide bonds. The summed E-state index contributed by atoms with van der Waals surface area (Å²) in [5.41, 5.74) is 1.81. The topological polar surface area (TPSA) is 23.8 Å². The van der Waals surface area contributed by atoms with Crippen LogP contribution in [0.25, 0.3) is 0 Å². The average molecular weight is 280 g/mol. The van der Waals surface area contributed by atoms with Gasteiger partial charge in [-0.3, -0.25) is 4.48 Å². The predicted octanol–water partition coefficient (Wildman–Crippen LogP) is 1.37. The van der Waals surface area contributed by atoms with Gasteiger partial charge in [0, 0.05) is 30.0 Å². The van der Waals surface area contributed by atoms with Crippen molar-refractivity contribution in [2.45, 2.75) is 0 Å². The molecule has 3 heteroatoms. The summed E-state index contributed by atoms with van der Waals surface area (Å²) < 4.78 is 0.684. The van der Waals surface area contributed by atoms with Crippen molar-refractivity contribution in [1.82, 2.24) is 4.48 Å². The number of nitriles is 1. The van der Waals surface area contributed by atoms with Gasteiger partial charge in [-0.2, -0.15) is 5.26 Å². The summed E-state index contributed by atoms with van der Waals surface area (Å²) in [7, 11) is 6.16. The third-order valence-electron chi connectivity index (χ3n) is 1.75. The Hall–Kier alpha value is -0.531. The van der Waals surface area contributed by atoms with Crippen LogP contribution in [-0.2, 0) is 0 Å². The van der Waals surface area contributed by atoms with E-state index < -0.39 is 0 Å². The summed E-state index contributed by atoms with van der Waals surface area (Å²) in [5.74, 6) is 0. The molecule has 0 spiro atoms. The summed E-state index contributed by atoms with van der Waals surface area (Å²) in [6.07, 6.45) is 0. The molecular formula is C10H13N2Sn+. The molecule has 13 heavy (non-hydrogen) atoms. The molecule has 0 saturated carbocycles. The molecule has 0 aliphatic heterocycles. The SMILES string of the molecule is C[N+](C)(C)c1ccccc1C#N.[Sn]. The summed E-state index contributed by atoms with van der Waals surface area (Å²) in [4.78, 5) is 0. The normalized spacial score (nSPS) is 10.0. The second-order valence-corrected chi connectivity index (χ2v) is 3.64. The molecule has 0 heterocycles. The number of hydrogen-bond donors (Lipinski definition) is 0. The summed E-state index contributed by atoms with van der Waals surface area (Å²) in [6.45, 7) is 0. The van der Waals surface area contributed by atoms with Crippen LogP contribution in [0.2, 0.25) is 0 Å². The minimum absolute atomic E-state index is 0. The van der Waals surface area contributed by atoms with E-state index in [0.29, 0.717) is 4.48 Å². The number of nitrogens with zero attached hydrogens (tertiary/aromatic N) is 2. The molecule has 0 unspecified atom stereocenters. The van der Waals surface area contributed by atoms with Crippen molar-refractivity contribution in [2.75, 3.05) is 21.1 Å². The van der Waals surface area contributed by atoms with Gasteiger partial charge in [0.2, 0.25) is 0 Å². The fourth-order valence-electron chi connectivity index (χ4n) is 1.15. The van der Waals surface area contributed by atoms with Crippen LogP contribution in [0.4, 0.5) is 5.69 Å². The quantitative estimate of drug-likeness (QED) is 0.563. The second-order valence-electron chi connectivity index (χ2n) is 3.64. The summed E-state index contributed by atoms with van der Waals surface area (Å²) in [6, 6.07) is 9.86. The third kappa shape index (κ3) is 3.01. The van der Waals surface area contributed by atoms with Gasteiger partial charge >= 0.3 is 0 Å². The fraction of sp³-hybridized carbons (Fsp3) is 0.300. The molecule has 0 saturated heterocycles.